The van der Waals surface area contributed by atoms with Crippen molar-refractivity contribution in [2.45, 2.75) is 19.1 Å². The summed E-state index contributed by atoms with van der Waals surface area (Å²) in [5.41, 5.74) is 6.31. The summed E-state index contributed by atoms with van der Waals surface area (Å²) in [6.45, 7) is 2.16. The van der Waals surface area contributed by atoms with Gasteiger partial charge in [0.15, 0.2) is 0 Å². The van der Waals surface area contributed by atoms with Crippen molar-refractivity contribution in [3.05, 3.63) is 102 Å². The topological polar surface area (TPSA) is 24.1 Å². The van der Waals surface area contributed by atoms with Crippen LogP contribution in [0, 0.1) is 0 Å². The maximum Gasteiger partial charge on any atom is 0.0746 e. The number of para-hydroxylation sites is 1. The number of anilines is 1. The zero-order valence-electron chi connectivity index (χ0n) is 15.3. The Morgan fingerprint density at radius 1 is 0.667 bits per heavy atom. The van der Waals surface area contributed by atoms with Crippen molar-refractivity contribution < 1.29 is 0 Å². The third-order valence-electron chi connectivity index (χ3n) is 5.39. The third-order valence-corrected chi connectivity index (χ3v) is 5.39. The fourth-order valence-electron chi connectivity index (χ4n) is 4.01. The maximum atomic E-state index is 3.66. The minimum atomic E-state index is 0.211. The number of hydrogen-bond donors (Lipinski definition) is 2. The van der Waals surface area contributed by atoms with Crippen LogP contribution in [-0.4, -0.2) is 6.17 Å². The molecule has 2 unspecified atom stereocenters. The fraction of sp³-hybridized carbons (Fsp3) is 0.120. The molecule has 4 aromatic carbocycles. The molecule has 0 fully saturated rings. The molecule has 0 aromatic heterocycles. The molecule has 1 heterocycles. The Balaban J connectivity index is 1.50. The molecule has 0 radical (unpaired) electrons. The summed E-state index contributed by atoms with van der Waals surface area (Å²) >= 11 is 0. The van der Waals surface area contributed by atoms with Crippen LogP contribution in [0.1, 0.15) is 24.1 Å². The molecule has 0 spiro atoms. The molecule has 0 amide bonds. The van der Waals surface area contributed by atoms with Gasteiger partial charge in [-0.25, -0.2) is 0 Å². The van der Waals surface area contributed by atoms with Crippen LogP contribution >= 0.6 is 0 Å². The van der Waals surface area contributed by atoms with Gasteiger partial charge in [0.25, 0.3) is 0 Å². The van der Waals surface area contributed by atoms with Gasteiger partial charge in [-0.2, -0.15) is 0 Å². The Hall–Kier alpha value is -3.10. The number of hydrogen-bond acceptors (Lipinski definition) is 2. The normalized spacial score (nSPS) is 18.7. The quantitative estimate of drug-likeness (QED) is 0.466. The predicted octanol–water partition coefficient (Wildman–Crippen LogP) is 5.96. The number of rotatable bonds is 2. The van der Waals surface area contributed by atoms with Crippen molar-refractivity contribution in [2.75, 3.05) is 5.32 Å². The highest BCUT2D eigenvalue weighted by Gasteiger charge is 2.24. The summed E-state index contributed by atoms with van der Waals surface area (Å²) in [4.78, 5) is 0. The number of fused-ring (bicyclic) bond motifs is 2. The van der Waals surface area contributed by atoms with Crippen molar-refractivity contribution in [1.29, 1.82) is 0 Å². The van der Waals surface area contributed by atoms with Gasteiger partial charge >= 0.3 is 0 Å². The summed E-state index contributed by atoms with van der Waals surface area (Å²) in [5.74, 6) is 0. The molecule has 5 rings (SSSR count). The lowest BCUT2D eigenvalue weighted by Gasteiger charge is -2.33. The van der Waals surface area contributed by atoms with Crippen LogP contribution in [0.4, 0.5) is 5.69 Å². The van der Waals surface area contributed by atoms with Crippen LogP contribution in [0.2, 0.25) is 0 Å². The average Bonchev–Trinajstić information content (AvgIpc) is 2.73. The Bertz CT molecular complexity index is 1100. The first-order chi connectivity index (χ1) is 13.3. The smallest absolute Gasteiger partial charge is 0.0746 e. The van der Waals surface area contributed by atoms with E-state index in [2.05, 4.69) is 109 Å². The molecule has 0 saturated carbocycles. The van der Waals surface area contributed by atoms with Crippen molar-refractivity contribution in [3.63, 3.8) is 0 Å². The molecule has 132 valence electrons. The molecular formula is C25H22N2. The molecule has 1 aliphatic rings. The molecule has 0 saturated heterocycles. The minimum absolute atomic E-state index is 0.211. The van der Waals surface area contributed by atoms with Gasteiger partial charge in [0.05, 0.1) is 12.2 Å². The van der Waals surface area contributed by atoms with Gasteiger partial charge in [-0.05, 0) is 52.1 Å². The highest BCUT2D eigenvalue weighted by atomic mass is 15.2. The van der Waals surface area contributed by atoms with E-state index in [4.69, 9.17) is 0 Å². The Kier molecular flexibility index (Phi) is 3.92. The van der Waals surface area contributed by atoms with Crippen LogP contribution in [0.15, 0.2) is 91.0 Å². The Morgan fingerprint density at radius 3 is 2.22 bits per heavy atom. The second kappa shape index (κ2) is 6.57. The molecule has 2 heteroatoms. The van der Waals surface area contributed by atoms with Gasteiger partial charge < -0.3 is 5.32 Å². The first-order valence-corrected chi connectivity index (χ1v) is 9.48. The van der Waals surface area contributed by atoms with Crippen LogP contribution < -0.4 is 10.6 Å². The number of nitrogens with one attached hydrogen (secondary N) is 2. The lowest BCUT2D eigenvalue weighted by molar-refractivity contribution is 0.518. The van der Waals surface area contributed by atoms with E-state index in [0.29, 0.717) is 0 Å². The van der Waals surface area contributed by atoms with Crippen molar-refractivity contribution in [2.24, 2.45) is 0 Å². The van der Waals surface area contributed by atoms with E-state index in [0.717, 1.165) is 0 Å². The van der Waals surface area contributed by atoms with E-state index in [9.17, 15) is 0 Å². The average molecular weight is 350 g/mol. The molecule has 2 atom stereocenters. The van der Waals surface area contributed by atoms with Crippen molar-refractivity contribution in [1.82, 2.24) is 5.32 Å². The molecule has 1 aliphatic heterocycles. The minimum Gasteiger partial charge on any atom is -0.370 e. The van der Waals surface area contributed by atoms with E-state index in [1.54, 1.807) is 0 Å². The van der Waals surface area contributed by atoms with E-state index >= 15 is 0 Å². The van der Waals surface area contributed by atoms with Crippen molar-refractivity contribution in [3.8, 4) is 11.1 Å². The predicted molar refractivity (Wildman–Crippen MR) is 114 cm³/mol. The van der Waals surface area contributed by atoms with E-state index in [-0.39, 0.29) is 12.2 Å². The second-order valence-corrected chi connectivity index (χ2v) is 7.24. The summed E-state index contributed by atoms with van der Waals surface area (Å²) in [5, 5.41) is 9.72. The molecule has 2 N–H and O–H groups in total. The molecule has 0 bridgehead atoms. The van der Waals surface area contributed by atoms with Gasteiger partial charge in [-0.15, -0.1) is 0 Å². The lowest BCUT2D eigenvalue weighted by atomic mass is 9.93. The summed E-state index contributed by atoms with van der Waals surface area (Å²) in [7, 11) is 0. The number of benzene rings is 4. The fourth-order valence-corrected chi connectivity index (χ4v) is 4.01. The van der Waals surface area contributed by atoms with Gasteiger partial charge in [0, 0.05) is 5.69 Å². The van der Waals surface area contributed by atoms with Crippen LogP contribution in [0.25, 0.3) is 21.9 Å². The maximum absolute atomic E-state index is 3.66. The van der Waals surface area contributed by atoms with Crippen LogP contribution in [0.3, 0.4) is 0 Å². The third kappa shape index (κ3) is 2.98. The molecule has 0 aliphatic carbocycles. The molecular weight excluding hydrogens is 328 g/mol. The van der Waals surface area contributed by atoms with Crippen molar-refractivity contribution >= 4 is 16.5 Å². The Labute approximate surface area is 159 Å². The first kappa shape index (κ1) is 16.1. The summed E-state index contributed by atoms with van der Waals surface area (Å²) in [6.07, 6.45) is 0.241. The lowest BCUT2D eigenvalue weighted by Crippen LogP contribution is -2.41. The van der Waals surface area contributed by atoms with Gasteiger partial charge in [0.2, 0.25) is 0 Å². The second-order valence-electron chi connectivity index (χ2n) is 7.24. The van der Waals surface area contributed by atoms with E-state index in [1.165, 1.54) is 38.7 Å². The van der Waals surface area contributed by atoms with E-state index in [1.807, 2.05) is 0 Å². The zero-order valence-corrected chi connectivity index (χ0v) is 15.3. The Morgan fingerprint density at radius 2 is 1.37 bits per heavy atom. The monoisotopic (exact) mass is 350 g/mol. The van der Waals surface area contributed by atoms with E-state index < -0.39 is 0 Å². The van der Waals surface area contributed by atoms with Gasteiger partial charge in [0.1, 0.15) is 0 Å². The highest BCUT2D eigenvalue weighted by Crippen LogP contribution is 2.33. The van der Waals surface area contributed by atoms with Crippen LogP contribution in [-0.2, 0) is 0 Å². The zero-order chi connectivity index (χ0) is 18.2. The van der Waals surface area contributed by atoms with Gasteiger partial charge in [-0.3, -0.25) is 5.32 Å². The highest BCUT2D eigenvalue weighted by molar-refractivity contribution is 5.87. The summed E-state index contributed by atoms with van der Waals surface area (Å²) < 4.78 is 0. The van der Waals surface area contributed by atoms with Gasteiger partial charge in [-0.1, -0.05) is 78.9 Å². The first-order valence-electron chi connectivity index (χ1n) is 9.48. The molecule has 2 nitrogen and oxygen atoms in total. The summed E-state index contributed by atoms with van der Waals surface area (Å²) in [6, 6.07) is 32.9. The SMILES string of the molecule is CC1Nc2ccccc2C(c2ccc(-c3ccc4ccccc4c3)cc2)N1. The molecule has 4 aromatic rings. The largest absolute Gasteiger partial charge is 0.370 e. The standard InChI is InChI=1S/C25H22N2/c1-17-26-24-9-5-4-8-23(24)25(27-17)20-13-10-19(11-14-20)22-15-12-18-6-2-3-7-21(18)16-22/h2-17,25-27H,1H3. The van der Waals surface area contributed by atoms with Crippen LogP contribution in [0.5, 0.6) is 0 Å². The molecule has 27 heavy (non-hydrogen) atoms.